The van der Waals surface area contributed by atoms with Crippen LogP contribution in [-0.2, 0) is 6.54 Å². The number of carbonyl (C=O) groups excluding carboxylic acids is 1. The molecule has 0 atom stereocenters. The number of hydrogen-bond donors (Lipinski definition) is 1. The minimum Gasteiger partial charge on any atom is -0.347 e. The lowest BCUT2D eigenvalue weighted by atomic mass is 10.1. The molecule has 0 radical (unpaired) electrons. The Bertz CT molecular complexity index is 859. The SMILES string of the molecule is Cc1ccc(CNC(=O)c2sc3ccccc3c2Cl)cc1F. The Kier molecular flexibility index (Phi) is 4.14. The van der Waals surface area contributed by atoms with Crippen molar-refractivity contribution in [3.8, 4) is 0 Å². The number of fused-ring (bicyclic) bond motifs is 1. The smallest absolute Gasteiger partial charge is 0.263 e. The zero-order chi connectivity index (χ0) is 15.7. The van der Waals surface area contributed by atoms with Crippen LogP contribution in [0.2, 0.25) is 5.02 Å². The topological polar surface area (TPSA) is 29.1 Å². The molecule has 0 aliphatic rings. The summed E-state index contributed by atoms with van der Waals surface area (Å²) in [6.45, 7) is 1.97. The molecule has 2 nitrogen and oxygen atoms in total. The Morgan fingerprint density at radius 3 is 2.77 bits per heavy atom. The summed E-state index contributed by atoms with van der Waals surface area (Å²) in [5, 5.41) is 4.13. The lowest BCUT2D eigenvalue weighted by molar-refractivity contribution is 0.0955. The van der Waals surface area contributed by atoms with Crippen molar-refractivity contribution >= 4 is 38.9 Å². The van der Waals surface area contributed by atoms with Crippen LogP contribution < -0.4 is 5.32 Å². The third-order valence-corrected chi connectivity index (χ3v) is 5.10. The van der Waals surface area contributed by atoms with Crippen molar-refractivity contribution in [2.24, 2.45) is 0 Å². The Morgan fingerprint density at radius 2 is 2.05 bits per heavy atom. The van der Waals surface area contributed by atoms with Crippen LogP contribution in [0.4, 0.5) is 4.39 Å². The van der Waals surface area contributed by atoms with Gasteiger partial charge in [0.25, 0.3) is 5.91 Å². The molecule has 1 amide bonds. The van der Waals surface area contributed by atoms with Gasteiger partial charge in [-0.1, -0.05) is 41.9 Å². The largest absolute Gasteiger partial charge is 0.347 e. The normalized spacial score (nSPS) is 10.9. The molecule has 0 aliphatic carbocycles. The van der Waals surface area contributed by atoms with Gasteiger partial charge in [-0.3, -0.25) is 4.79 Å². The van der Waals surface area contributed by atoms with Gasteiger partial charge in [-0.2, -0.15) is 0 Å². The first-order valence-electron chi connectivity index (χ1n) is 6.76. The first kappa shape index (κ1) is 15.0. The summed E-state index contributed by atoms with van der Waals surface area (Å²) in [4.78, 5) is 12.8. The minimum atomic E-state index is -0.272. The Labute approximate surface area is 136 Å². The molecule has 0 saturated heterocycles. The van der Waals surface area contributed by atoms with E-state index in [-0.39, 0.29) is 18.3 Å². The van der Waals surface area contributed by atoms with Crippen LogP contribution in [0.1, 0.15) is 20.8 Å². The highest BCUT2D eigenvalue weighted by Crippen LogP contribution is 2.34. The third-order valence-electron chi connectivity index (χ3n) is 3.43. The Balaban J connectivity index is 1.78. The van der Waals surface area contributed by atoms with Gasteiger partial charge in [-0.25, -0.2) is 4.39 Å². The molecule has 1 N–H and O–H groups in total. The van der Waals surface area contributed by atoms with Crippen LogP contribution in [0, 0.1) is 12.7 Å². The lowest BCUT2D eigenvalue weighted by Crippen LogP contribution is -2.22. The molecule has 5 heteroatoms. The van der Waals surface area contributed by atoms with Crippen molar-refractivity contribution in [1.82, 2.24) is 5.32 Å². The first-order chi connectivity index (χ1) is 10.6. The zero-order valence-corrected chi connectivity index (χ0v) is 13.4. The molecule has 0 aliphatic heterocycles. The predicted octanol–water partition coefficient (Wildman–Crippen LogP) is 4.93. The number of carbonyl (C=O) groups is 1. The van der Waals surface area contributed by atoms with E-state index in [1.165, 1.54) is 17.4 Å². The number of benzene rings is 2. The molecule has 0 fully saturated rings. The van der Waals surface area contributed by atoms with Gasteiger partial charge in [0.2, 0.25) is 0 Å². The van der Waals surface area contributed by atoms with Gasteiger partial charge in [0, 0.05) is 16.6 Å². The maximum Gasteiger partial charge on any atom is 0.263 e. The summed E-state index contributed by atoms with van der Waals surface area (Å²) < 4.78 is 14.5. The van der Waals surface area contributed by atoms with Gasteiger partial charge in [0.1, 0.15) is 10.7 Å². The summed E-state index contributed by atoms with van der Waals surface area (Å²) in [5.74, 6) is -0.515. The second kappa shape index (κ2) is 6.07. The van der Waals surface area contributed by atoms with Gasteiger partial charge in [0.15, 0.2) is 0 Å². The monoisotopic (exact) mass is 333 g/mol. The third kappa shape index (κ3) is 2.85. The van der Waals surface area contributed by atoms with Crippen LogP contribution in [0.15, 0.2) is 42.5 Å². The van der Waals surface area contributed by atoms with Gasteiger partial charge in [-0.15, -0.1) is 11.3 Å². The average molecular weight is 334 g/mol. The number of nitrogens with one attached hydrogen (secondary N) is 1. The minimum absolute atomic E-state index is 0.243. The molecule has 1 heterocycles. The number of aryl methyl sites for hydroxylation is 1. The second-order valence-corrected chi connectivity index (χ2v) is 6.44. The quantitative estimate of drug-likeness (QED) is 0.723. The van der Waals surface area contributed by atoms with Crippen LogP contribution in [-0.4, -0.2) is 5.91 Å². The number of amides is 1. The molecule has 0 unspecified atom stereocenters. The fourth-order valence-corrected chi connectivity index (χ4v) is 3.60. The average Bonchev–Trinajstić information content (AvgIpc) is 2.86. The van der Waals surface area contributed by atoms with Crippen molar-refractivity contribution < 1.29 is 9.18 Å². The van der Waals surface area contributed by atoms with E-state index in [0.29, 0.717) is 21.0 Å². The number of halogens is 2. The van der Waals surface area contributed by atoms with E-state index in [2.05, 4.69) is 5.32 Å². The van der Waals surface area contributed by atoms with E-state index in [1.807, 2.05) is 24.3 Å². The van der Waals surface area contributed by atoms with Crippen molar-refractivity contribution in [2.75, 3.05) is 0 Å². The summed E-state index contributed by atoms with van der Waals surface area (Å²) in [6, 6.07) is 12.5. The van der Waals surface area contributed by atoms with Crippen molar-refractivity contribution in [3.05, 3.63) is 69.3 Å². The maximum atomic E-state index is 13.5. The Morgan fingerprint density at radius 1 is 1.27 bits per heavy atom. The molecule has 0 bridgehead atoms. The van der Waals surface area contributed by atoms with Crippen molar-refractivity contribution in [1.29, 1.82) is 0 Å². The first-order valence-corrected chi connectivity index (χ1v) is 7.96. The number of thiophene rings is 1. The maximum absolute atomic E-state index is 13.5. The molecule has 3 aromatic rings. The van der Waals surface area contributed by atoms with Crippen LogP contribution in [0.25, 0.3) is 10.1 Å². The van der Waals surface area contributed by atoms with Crippen LogP contribution in [0.3, 0.4) is 0 Å². The number of rotatable bonds is 3. The summed E-state index contributed by atoms with van der Waals surface area (Å²) >= 11 is 7.62. The molecule has 3 rings (SSSR count). The molecule has 112 valence electrons. The molecule has 22 heavy (non-hydrogen) atoms. The summed E-state index contributed by atoms with van der Waals surface area (Å²) in [6.07, 6.45) is 0. The van der Waals surface area contributed by atoms with E-state index < -0.39 is 0 Å². The molecule has 2 aromatic carbocycles. The highest BCUT2D eigenvalue weighted by atomic mass is 35.5. The zero-order valence-electron chi connectivity index (χ0n) is 11.8. The number of hydrogen-bond acceptors (Lipinski definition) is 2. The molecule has 0 saturated carbocycles. The highest BCUT2D eigenvalue weighted by molar-refractivity contribution is 7.21. The predicted molar refractivity (Wildman–Crippen MR) is 89.1 cm³/mol. The second-order valence-electron chi connectivity index (χ2n) is 5.01. The van der Waals surface area contributed by atoms with Gasteiger partial charge in [-0.05, 0) is 30.2 Å². The molecule has 0 spiro atoms. The van der Waals surface area contributed by atoms with Gasteiger partial charge in [0.05, 0.1) is 5.02 Å². The van der Waals surface area contributed by atoms with E-state index in [1.54, 1.807) is 19.1 Å². The van der Waals surface area contributed by atoms with Crippen LogP contribution >= 0.6 is 22.9 Å². The standard InChI is InChI=1S/C17H13ClFNOS/c1-10-6-7-11(8-13(10)19)9-20-17(21)16-15(18)12-4-2-3-5-14(12)22-16/h2-8H,9H2,1H3,(H,20,21). The lowest BCUT2D eigenvalue weighted by Gasteiger charge is -2.05. The van der Waals surface area contributed by atoms with E-state index in [0.717, 1.165) is 10.1 Å². The summed E-state index contributed by atoms with van der Waals surface area (Å²) in [7, 11) is 0. The van der Waals surface area contributed by atoms with E-state index >= 15 is 0 Å². The molecule has 1 aromatic heterocycles. The van der Waals surface area contributed by atoms with Crippen molar-refractivity contribution in [3.63, 3.8) is 0 Å². The summed E-state index contributed by atoms with van der Waals surface area (Å²) in [5.41, 5.74) is 1.30. The Hall–Kier alpha value is -1.91. The fourth-order valence-electron chi connectivity index (χ4n) is 2.17. The highest BCUT2D eigenvalue weighted by Gasteiger charge is 2.16. The molecular weight excluding hydrogens is 321 g/mol. The van der Waals surface area contributed by atoms with Gasteiger partial charge < -0.3 is 5.32 Å². The van der Waals surface area contributed by atoms with Crippen molar-refractivity contribution in [2.45, 2.75) is 13.5 Å². The van der Waals surface area contributed by atoms with E-state index in [9.17, 15) is 9.18 Å². The fraction of sp³-hybridized carbons (Fsp3) is 0.118. The van der Waals surface area contributed by atoms with Gasteiger partial charge >= 0.3 is 0 Å². The van der Waals surface area contributed by atoms with E-state index in [4.69, 9.17) is 11.6 Å². The molecular formula is C17H13ClFNOS. The van der Waals surface area contributed by atoms with Crippen LogP contribution in [0.5, 0.6) is 0 Å².